The summed E-state index contributed by atoms with van der Waals surface area (Å²) in [6.07, 6.45) is 9.70. The lowest BCUT2D eigenvalue weighted by atomic mass is 9.83. The molecule has 136 valence electrons. The monoisotopic (exact) mass is 332 g/mol. The largest absolute Gasteiger partial charge is 0.352 e. The number of hydrogen-bond acceptors (Lipinski definition) is 2. The van der Waals surface area contributed by atoms with Crippen LogP contribution in [0.15, 0.2) is 24.3 Å². The highest BCUT2D eigenvalue weighted by atomic mass is 16.7. The highest BCUT2D eigenvalue weighted by Crippen LogP contribution is 2.33. The summed E-state index contributed by atoms with van der Waals surface area (Å²) in [6, 6.07) is 9.36. The summed E-state index contributed by atoms with van der Waals surface area (Å²) in [6.45, 7) is 8.40. The van der Waals surface area contributed by atoms with Crippen LogP contribution in [-0.2, 0) is 15.9 Å². The first-order chi connectivity index (χ1) is 11.8. The van der Waals surface area contributed by atoms with Crippen molar-refractivity contribution in [1.82, 2.24) is 0 Å². The lowest BCUT2D eigenvalue weighted by Crippen LogP contribution is -2.35. The van der Waals surface area contributed by atoms with Crippen molar-refractivity contribution in [3.63, 3.8) is 0 Å². The van der Waals surface area contributed by atoms with E-state index in [1.54, 1.807) is 0 Å². The van der Waals surface area contributed by atoms with Crippen LogP contribution in [0, 0.1) is 5.92 Å². The maximum absolute atomic E-state index is 5.95. The van der Waals surface area contributed by atoms with Crippen molar-refractivity contribution in [2.75, 3.05) is 13.2 Å². The second-order valence-corrected chi connectivity index (χ2v) is 7.24. The molecule has 1 fully saturated rings. The van der Waals surface area contributed by atoms with Crippen molar-refractivity contribution in [2.24, 2.45) is 5.92 Å². The van der Waals surface area contributed by atoms with Crippen molar-refractivity contribution in [2.45, 2.75) is 84.3 Å². The molecule has 1 unspecified atom stereocenters. The van der Waals surface area contributed by atoms with Gasteiger partial charge in [0.1, 0.15) is 0 Å². The van der Waals surface area contributed by atoms with Crippen LogP contribution in [0.5, 0.6) is 0 Å². The molecule has 0 amide bonds. The van der Waals surface area contributed by atoms with Gasteiger partial charge in [-0.05, 0) is 42.7 Å². The summed E-state index contributed by atoms with van der Waals surface area (Å²) in [5.41, 5.74) is 2.93. The van der Waals surface area contributed by atoms with E-state index in [1.807, 2.05) is 0 Å². The predicted octanol–water partition coefficient (Wildman–Crippen LogP) is 6.09. The summed E-state index contributed by atoms with van der Waals surface area (Å²) >= 11 is 0. The molecule has 1 heterocycles. The summed E-state index contributed by atoms with van der Waals surface area (Å²) in [4.78, 5) is 0. The molecule has 1 aromatic rings. The van der Waals surface area contributed by atoms with E-state index in [9.17, 15) is 0 Å². The van der Waals surface area contributed by atoms with E-state index in [4.69, 9.17) is 9.47 Å². The van der Waals surface area contributed by atoms with E-state index in [0.29, 0.717) is 11.8 Å². The van der Waals surface area contributed by atoms with Gasteiger partial charge in [-0.25, -0.2) is 0 Å². The fraction of sp³-hybridized carbons (Fsp3) is 0.727. The van der Waals surface area contributed by atoms with Gasteiger partial charge in [0.25, 0.3) is 0 Å². The molecule has 1 atom stereocenters. The Kier molecular flexibility index (Phi) is 8.83. The van der Waals surface area contributed by atoms with Gasteiger partial charge in [0.15, 0.2) is 6.29 Å². The SMILES string of the molecule is CCCCCc1ccc(C(CCC)C2COC(CCC)OC2)cc1. The smallest absolute Gasteiger partial charge is 0.157 e. The van der Waals surface area contributed by atoms with Crippen LogP contribution >= 0.6 is 0 Å². The zero-order valence-corrected chi connectivity index (χ0v) is 15.9. The molecule has 1 aliphatic rings. The molecule has 1 aromatic carbocycles. The first kappa shape index (κ1) is 19.5. The molecular weight excluding hydrogens is 296 g/mol. The fourth-order valence-corrected chi connectivity index (χ4v) is 3.69. The second kappa shape index (κ2) is 10.9. The van der Waals surface area contributed by atoms with Crippen molar-refractivity contribution < 1.29 is 9.47 Å². The van der Waals surface area contributed by atoms with Crippen LogP contribution in [0.25, 0.3) is 0 Å². The Labute approximate surface area is 148 Å². The zero-order chi connectivity index (χ0) is 17.2. The van der Waals surface area contributed by atoms with E-state index < -0.39 is 0 Å². The van der Waals surface area contributed by atoms with Gasteiger partial charge in [-0.2, -0.15) is 0 Å². The number of unbranched alkanes of at least 4 members (excludes halogenated alkanes) is 2. The summed E-state index contributed by atoms with van der Waals surface area (Å²) in [7, 11) is 0. The third-order valence-electron chi connectivity index (χ3n) is 5.16. The zero-order valence-electron chi connectivity index (χ0n) is 15.9. The lowest BCUT2D eigenvalue weighted by molar-refractivity contribution is -0.206. The van der Waals surface area contributed by atoms with Gasteiger partial charge in [0.05, 0.1) is 13.2 Å². The maximum Gasteiger partial charge on any atom is 0.157 e. The van der Waals surface area contributed by atoms with E-state index in [-0.39, 0.29) is 6.29 Å². The van der Waals surface area contributed by atoms with Gasteiger partial charge in [0, 0.05) is 5.92 Å². The Morgan fingerprint density at radius 3 is 2.21 bits per heavy atom. The second-order valence-electron chi connectivity index (χ2n) is 7.24. The molecule has 0 aliphatic carbocycles. The Morgan fingerprint density at radius 2 is 1.62 bits per heavy atom. The van der Waals surface area contributed by atoms with E-state index in [1.165, 1.54) is 49.7 Å². The Balaban J connectivity index is 1.94. The van der Waals surface area contributed by atoms with Crippen molar-refractivity contribution >= 4 is 0 Å². The van der Waals surface area contributed by atoms with Gasteiger partial charge in [-0.15, -0.1) is 0 Å². The Morgan fingerprint density at radius 1 is 0.917 bits per heavy atom. The van der Waals surface area contributed by atoms with Crippen LogP contribution < -0.4 is 0 Å². The third kappa shape index (κ3) is 5.89. The molecular formula is C22H36O2. The molecule has 0 bridgehead atoms. The summed E-state index contributed by atoms with van der Waals surface area (Å²) in [5.74, 6) is 1.05. The highest BCUT2D eigenvalue weighted by molar-refractivity contribution is 5.26. The van der Waals surface area contributed by atoms with Crippen LogP contribution in [0.1, 0.15) is 82.8 Å². The molecule has 0 spiro atoms. The number of hydrogen-bond donors (Lipinski definition) is 0. The van der Waals surface area contributed by atoms with Gasteiger partial charge in [-0.3, -0.25) is 0 Å². The van der Waals surface area contributed by atoms with Gasteiger partial charge >= 0.3 is 0 Å². The molecule has 24 heavy (non-hydrogen) atoms. The van der Waals surface area contributed by atoms with Gasteiger partial charge in [-0.1, -0.05) is 70.7 Å². The molecule has 2 rings (SSSR count). The Hall–Kier alpha value is -0.860. The third-order valence-corrected chi connectivity index (χ3v) is 5.16. The van der Waals surface area contributed by atoms with Crippen LogP contribution in [0.2, 0.25) is 0 Å². The van der Waals surface area contributed by atoms with Crippen molar-refractivity contribution in [3.05, 3.63) is 35.4 Å². The predicted molar refractivity (Wildman–Crippen MR) is 101 cm³/mol. The van der Waals surface area contributed by atoms with Crippen molar-refractivity contribution in [3.8, 4) is 0 Å². The van der Waals surface area contributed by atoms with Crippen LogP contribution in [-0.4, -0.2) is 19.5 Å². The average molecular weight is 333 g/mol. The lowest BCUT2D eigenvalue weighted by Gasteiger charge is -2.34. The normalized spacial score (nSPS) is 22.5. The average Bonchev–Trinajstić information content (AvgIpc) is 2.62. The molecule has 0 radical (unpaired) electrons. The summed E-state index contributed by atoms with van der Waals surface area (Å²) < 4.78 is 11.9. The minimum Gasteiger partial charge on any atom is -0.352 e. The van der Waals surface area contributed by atoms with Crippen molar-refractivity contribution in [1.29, 1.82) is 0 Å². The molecule has 2 nitrogen and oxygen atoms in total. The van der Waals surface area contributed by atoms with E-state index in [2.05, 4.69) is 45.0 Å². The quantitative estimate of drug-likeness (QED) is 0.482. The molecule has 0 aromatic heterocycles. The topological polar surface area (TPSA) is 18.5 Å². The highest BCUT2D eigenvalue weighted by Gasteiger charge is 2.29. The van der Waals surface area contributed by atoms with Crippen LogP contribution in [0.4, 0.5) is 0 Å². The molecule has 2 heteroatoms. The first-order valence-electron chi connectivity index (χ1n) is 10.1. The van der Waals surface area contributed by atoms with E-state index in [0.717, 1.165) is 26.1 Å². The van der Waals surface area contributed by atoms with Gasteiger partial charge in [0.2, 0.25) is 0 Å². The molecule has 1 saturated heterocycles. The fourth-order valence-electron chi connectivity index (χ4n) is 3.69. The van der Waals surface area contributed by atoms with Crippen LogP contribution in [0.3, 0.4) is 0 Å². The molecule has 0 saturated carbocycles. The minimum absolute atomic E-state index is 0.0227. The minimum atomic E-state index is 0.0227. The number of rotatable bonds is 10. The summed E-state index contributed by atoms with van der Waals surface area (Å²) in [5, 5.41) is 0. The van der Waals surface area contributed by atoms with Gasteiger partial charge < -0.3 is 9.47 Å². The molecule has 1 aliphatic heterocycles. The maximum atomic E-state index is 5.95. The van der Waals surface area contributed by atoms with E-state index >= 15 is 0 Å². The number of benzene rings is 1. The molecule has 0 N–H and O–H groups in total. The number of aryl methyl sites for hydroxylation is 1. The Bertz CT molecular complexity index is 432. The first-order valence-corrected chi connectivity index (χ1v) is 10.1. The number of ether oxygens (including phenoxy) is 2. The standard InChI is InChI=1S/C22H36O2/c1-4-7-8-11-18-12-14-19(15-13-18)21(9-5-2)20-16-23-22(10-6-3)24-17-20/h12-15,20-22H,4-11,16-17H2,1-3H3.